The van der Waals surface area contributed by atoms with E-state index in [0.717, 1.165) is 31.5 Å². The molecule has 2 nitrogen and oxygen atoms in total. The summed E-state index contributed by atoms with van der Waals surface area (Å²) in [7, 11) is 0. The van der Waals surface area contributed by atoms with Crippen molar-refractivity contribution in [3.05, 3.63) is 35.4 Å². The van der Waals surface area contributed by atoms with Gasteiger partial charge in [-0.15, -0.1) is 0 Å². The molecule has 1 aromatic rings. The van der Waals surface area contributed by atoms with Crippen molar-refractivity contribution in [1.29, 1.82) is 0 Å². The Hall–Kier alpha value is -1.36. The van der Waals surface area contributed by atoms with Gasteiger partial charge in [0, 0.05) is 24.1 Å². The van der Waals surface area contributed by atoms with Crippen LogP contribution in [0.25, 0.3) is 0 Å². The number of alkyl halides is 3. The number of hydrogen-bond acceptors (Lipinski definition) is 2. The number of halogens is 3. The van der Waals surface area contributed by atoms with E-state index in [-0.39, 0.29) is 17.3 Å². The molecular weight excluding hydrogens is 291 g/mol. The van der Waals surface area contributed by atoms with Gasteiger partial charge in [0.25, 0.3) is 0 Å². The van der Waals surface area contributed by atoms with Gasteiger partial charge in [-0.05, 0) is 44.4 Å². The monoisotopic (exact) mass is 311 g/mol. The quantitative estimate of drug-likeness (QED) is 0.782. The van der Waals surface area contributed by atoms with Crippen molar-refractivity contribution < 1.29 is 18.0 Å². The van der Waals surface area contributed by atoms with Crippen LogP contribution in [0.15, 0.2) is 24.3 Å². The smallest absolute Gasteiger partial charge is 0.300 e. The van der Waals surface area contributed by atoms with E-state index in [1.54, 1.807) is 0 Å². The second kappa shape index (κ2) is 6.03. The van der Waals surface area contributed by atoms with Gasteiger partial charge in [-0.25, -0.2) is 0 Å². The van der Waals surface area contributed by atoms with Crippen LogP contribution in [-0.2, 0) is 6.18 Å². The Morgan fingerprint density at radius 3 is 2.55 bits per heavy atom. The summed E-state index contributed by atoms with van der Waals surface area (Å²) < 4.78 is 38.3. The van der Waals surface area contributed by atoms with Gasteiger partial charge < -0.3 is 0 Å². The van der Waals surface area contributed by atoms with E-state index in [4.69, 9.17) is 0 Å². The number of carbonyl (C=O) groups excluding carboxylic acids is 1. The third-order valence-electron chi connectivity index (χ3n) is 4.89. The highest BCUT2D eigenvalue weighted by Gasteiger charge is 2.34. The fourth-order valence-corrected chi connectivity index (χ4v) is 3.39. The molecular formula is C17H20F3NO. The Morgan fingerprint density at radius 1 is 1.14 bits per heavy atom. The Bertz CT molecular complexity index is 551. The molecule has 1 saturated heterocycles. The molecule has 0 radical (unpaired) electrons. The molecule has 3 rings (SSSR count). The van der Waals surface area contributed by atoms with E-state index < -0.39 is 11.7 Å². The van der Waals surface area contributed by atoms with Gasteiger partial charge in [-0.1, -0.05) is 18.6 Å². The van der Waals surface area contributed by atoms with Gasteiger partial charge in [0.15, 0.2) is 5.78 Å². The average molecular weight is 311 g/mol. The number of piperidine rings is 1. The zero-order valence-corrected chi connectivity index (χ0v) is 12.4. The number of Topliss-reactive ketones (excluding diaryl/α,β-unsaturated/α-hetero) is 1. The molecule has 0 N–H and O–H groups in total. The maximum atomic E-state index is 12.8. The summed E-state index contributed by atoms with van der Waals surface area (Å²) in [6.07, 6.45) is 0.938. The van der Waals surface area contributed by atoms with Gasteiger partial charge in [0.1, 0.15) is 0 Å². The molecule has 0 spiro atoms. The molecule has 1 aromatic carbocycles. The summed E-state index contributed by atoms with van der Waals surface area (Å²) >= 11 is 0. The maximum Gasteiger partial charge on any atom is 0.416 e. The van der Waals surface area contributed by atoms with Gasteiger partial charge >= 0.3 is 6.18 Å². The summed E-state index contributed by atoms with van der Waals surface area (Å²) in [6, 6.07) is 5.41. The summed E-state index contributed by atoms with van der Waals surface area (Å²) in [4.78, 5) is 14.9. The lowest BCUT2D eigenvalue weighted by molar-refractivity contribution is -0.137. The van der Waals surface area contributed by atoms with E-state index in [2.05, 4.69) is 4.90 Å². The number of hydrogen-bond donors (Lipinski definition) is 0. The molecule has 0 unspecified atom stereocenters. The fraction of sp³-hybridized carbons (Fsp3) is 0.588. The summed E-state index contributed by atoms with van der Waals surface area (Å²) in [5.41, 5.74) is -0.555. The molecule has 5 heteroatoms. The van der Waals surface area contributed by atoms with E-state index in [0.29, 0.717) is 12.6 Å². The predicted molar refractivity (Wildman–Crippen MR) is 77.7 cm³/mol. The minimum atomic E-state index is -4.40. The molecule has 1 aliphatic heterocycles. The maximum absolute atomic E-state index is 12.8. The molecule has 0 bridgehead atoms. The second-order valence-corrected chi connectivity index (χ2v) is 6.36. The minimum absolute atomic E-state index is 0.143. The Morgan fingerprint density at radius 2 is 1.91 bits per heavy atom. The summed E-state index contributed by atoms with van der Waals surface area (Å²) in [5, 5.41) is 0. The Labute approximate surface area is 128 Å². The van der Waals surface area contributed by atoms with Crippen molar-refractivity contribution in [2.45, 2.75) is 44.3 Å². The molecule has 0 aromatic heterocycles. The van der Waals surface area contributed by atoms with Crippen LogP contribution in [-0.4, -0.2) is 29.8 Å². The van der Waals surface area contributed by atoms with Crippen molar-refractivity contribution >= 4 is 5.78 Å². The molecule has 120 valence electrons. The third kappa shape index (κ3) is 3.19. The predicted octanol–water partition coefficient (Wildman–Crippen LogP) is 4.15. The van der Waals surface area contributed by atoms with Crippen molar-refractivity contribution in [2.75, 3.05) is 13.1 Å². The lowest BCUT2D eigenvalue weighted by Gasteiger charge is -2.42. The number of likely N-dealkylation sites (tertiary alicyclic amines) is 1. The summed E-state index contributed by atoms with van der Waals surface area (Å²) in [6.45, 7) is 1.71. The normalized spacial score (nSPS) is 24.0. The summed E-state index contributed by atoms with van der Waals surface area (Å²) in [5.74, 6) is -0.312. The first kappa shape index (κ1) is 15.5. The SMILES string of the molecule is O=C(c1cccc(C(F)(F)F)c1)[C@H]1CCCN(C2CCC2)C1. The average Bonchev–Trinajstić information content (AvgIpc) is 2.44. The number of ketones is 1. The fourth-order valence-electron chi connectivity index (χ4n) is 3.39. The van der Waals surface area contributed by atoms with E-state index >= 15 is 0 Å². The molecule has 1 heterocycles. The van der Waals surface area contributed by atoms with Crippen LogP contribution < -0.4 is 0 Å². The highest BCUT2D eigenvalue weighted by Crippen LogP contribution is 2.32. The van der Waals surface area contributed by atoms with Crippen molar-refractivity contribution in [1.82, 2.24) is 4.90 Å². The topological polar surface area (TPSA) is 20.3 Å². The highest BCUT2D eigenvalue weighted by atomic mass is 19.4. The number of benzene rings is 1. The van der Waals surface area contributed by atoms with Crippen LogP contribution in [0.5, 0.6) is 0 Å². The van der Waals surface area contributed by atoms with Crippen LogP contribution in [0, 0.1) is 5.92 Å². The largest absolute Gasteiger partial charge is 0.416 e. The minimum Gasteiger partial charge on any atom is -0.300 e. The van der Waals surface area contributed by atoms with E-state index in [9.17, 15) is 18.0 Å². The van der Waals surface area contributed by atoms with Crippen LogP contribution in [0.2, 0.25) is 0 Å². The lowest BCUT2D eigenvalue weighted by atomic mass is 9.85. The first-order valence-corrected chi connectivity index (χ1v) is 7.90. The molecule has 2 aliphatic rings. The van der Waals surface area contributed by atoms with Crippen LogP contribution in [0.4, 0.5) is 13.2 Å². The zero-order valence-electron chi connectivity index (χ0n) is 12.4. The number of carbonyl (C=O) groups is 1. The number of rotatable bonds is 3. The molecule has 1 saturated carbocycles. The van der Waals surface area contributed by atoms with Gasteiger partial charge in [-0.2, -0.15) is 13.2 Å². The van der Waals surface area contributed by atoms with Crippen molar-refractivity contribution in [3.63, 3.8) is 0 Å². The van der Waals surface area contributed by atoms with Crippen LogP contribution in [0.3, 0.4) is 0 Å². The molecule has 1 aliphatic carbocycles. The van der Waals surface area contributed by atoms with Crippen LogP contribution in [0.1, 0.15) is 48.0 Å². The Balaban J connectivity index is 1.73. The second-order valence-electron chi connectivity index (χ2n) is 6.36. The lowest BCUT2D eigenvalue weighted by Crippen LogP contribution is -2.47. The molecule has 22 heavy (non-hydrogen) atoms. The van der Waals surface area contributed by atoms with Gasteiger partial charge in [-0.3, -0.25) is 9.69 Å². The van der Waals surface area contributed by atoms with Crippen LogP contribution >= 0.6 is 0 Å². The standard InChI is InChI=1S/C17H20F3NO/c18-17(19,20)14-6-1-4-12(10-14)16(22)13-5-3-9-21(11-13)15-7-2-8-15/h1,4,6,10,13,15H,2-3,5,7-9,11H2/t13-/m0/s1. The first-order valence-electron chi connectivity index (χ1n) is 7.90. The first-order chi connectivity index (χ1) is 10.4. The van der Waals surface area contributed by atoms with E-state index in [1.807, 2.05) is 0 Å². The third-order valence-corrected chi connectivity index (χ3v) is 4.89. The number of nitrogens with zero attached hydrogens (tertiary/aromatic N) is 1. The van der Waals surface area contributed by atoms with Crippen molar-refractivity contribution in [2.24, 2.45) is 5.92 Å². The molecule has 1 atom stereocenters. The zero-order chi connectivity index (χ0) is 15.7. The van der Waals surface area contributed by atoms with Gasteiger partial charge in [0.2, 0.25) is 0 Å². The van der Waals surface area contributed by atoms with E-state index in [1.165, 1.54) is 31.4 Å². The highest BCUT2D eigenvalue weighted by molar-refractivity contribution is 5.98. The van der Waals surface area contributed by atoms with Gasteiger partial charge in [0.05, 0.1) is 5.56 Å². The molecule has 2 fully saturated rings. The van der Waals surface area contributed by atoms with Crippen molar-refractivity contribution in [3.8, 4) is 0 Å². The molecule has 0 amide bonds. The Kier molecular flexibility index (Phi) is 4.26.